The highest BCUT2D eigenvalue weighted by molar-refractivity contribution is 4.95. The summed E-state index contributed by atoms with van der Waals surface area (Å²) in [6.07, 6.45) is 0.173. The molecule has 0 aromatic heterocycles. The van der Waals surface area contributed by atoms with E-state index in [4.69, 9.17) is 0 Å². The first kappa shape index (κ1) is 18.1. The summed E-state index contributed by atoms with van der Waals surface area (Å²) in [5.74, 6) is 0.471. The van der Waals surface area contributed by atoms with Crippen LogP contribution in [0.2, 0.25) is 0 Å². The predicted octanol–water partition coefficient (Wildman–Crippen LogP) is 0.300. The number of hydrogen-bond donors (Lipinski definition) is 4. The van der Waals surface area contributed by atoms with E-state index in [1.165, 1.54) is 0 Å². The molecule has 2 rings (SSSR count). The number of nitrogens with zero attached hydrogens (tertiary/aromatic N) is 1. The molecule has 0 aromatic carbocycles. The number of aliphatic hydroxyl groups is 4. The zero-order chi connectivity index (χ0) is 16.5. The van der Waals surface area contributed by atoms with Crippen molar-refractivity contribution in [1.82, 2.24) is 4.90 Å². The van der Waals surface area contributed by atoms with Crippen molar-refractivity contribution in [3.05, 3.63) is 0 Å². The van der Waals surface area contributed by atoms with Crippen molar-refractivity contribution < 1.29 is 24.8 Å². The van der Waals surface area contributed by atoms with E-state index < -0.39 is 30.0 Å². The predicted molar refractivity (Wildman–Crippen MR) is 81.1 cm³/mol. The molecule has 4 atom stereocenters. The van der Waals surface area contributed by atoms with Crippen molar-refractivity contribution in [2.75, 3.05) is 19.7 Å². The summed E-state index contributed by atoms with van der Waals surface area (Å²) in [7, 11) is 0. The van der Waals surface area contributed by atoms with Gasteiger partial charge in [-0.15, -0.1) is 0 Å². The number of piperidine rings is 1. The molecule has 2 aliphatic rings. The lowest BCUT2D eigenvalue weighted by molar-refractivity contribution is -0.148. The van der Waals surface area contributed by atoms with Crippen LogP contribution in [0.15, 0.2) is 0 Å². The SMILES string of the molecule is CC(C)(F)C1CCC(CN2C[C@H](O)[C@@H](O)[C@H](O)[C@H]2CO)CC1. The van der Waals surface area contributed by atoms with Gasteiger partial charge >= 0.3 is 0 Å². The van der Waals surface area contributed by atoms with Gasteiger partial charge in [-0.1, -0.05) is 0 Å². The first-order valence-corrected chi connectivity index (χ1v) is 8.32. The van der Waals surface area contributed by atoms with Crippen molar-refractivity contribution in [3.63, 3.8) is 0 Å². The van der Waals surface area contributed by atoms with E-state index in [1.807, 2.05) is 4.90 Å². The Morgan fingerprint density at radius 3 is 2.14 bits per heavy atom. The second kappa shape index (κ2) is 7.09. The monoisotopic (exact) mass is 319 g/mol. The van der Waals surface area contributed by atoms with Crippen molar-refractivity contribution in [3.8, 4) is 0 Å². The average molecular weight is 319 g/mol. The van der Waals surface area contributed by atoms with Gasteiger partial charge in [-0.05, 0) is 51.4 Å². The van der Waals surface area contributed by atoms with E-state index in [0.717, 1.165) is 25.7 Å². The number of likely N-dealkylation sites (tertiary alicyclic amines) is 1. The molecule has 0 radical (unpaired) electrons. The van der Waals surface area contributed by atoms with Crippen LogP contribution in [0, 0.1) is 11.8 Å². The molecule has 4 N–H and O–H groups in total. The van der Waals surface area contributed by atoms with Gasteiger partial charge < -0.3 is 20.4 Å². The van der Waals surface area contributed by atoms with E-state index >= 15 is 0 Å². The van der Waals surface area contributed by atoms with Gasteiger partial charge in [0.2, 0.25) is 0 Å². The Morgan fingerprint density at radius 1 is 1.05 bits per heavy atom. The molecular weight excluding hydrogens is 289 g/mol. The van der Waals surface area contributed by atoms with Crippen molar-refractivity contribution in [1.29, 1.82) is 0 Å². The summed E-state index contributed by atoms with van der Waals surface area (Å²) in [4.78, 5) is 1.87. The molecule has 22 heavy (non-hydrogen) atoms. The fraction of sp³-hybridized carbons (Fsp3) is 1.00. The zero-order valence-corrected chi connectivity index (χ0v) is 13.5. The van der Waals surface area contributed by atoms with Gasteiger partial charge in [0.15, 0.2) is 0 Å². The Morgan fingerprint density at radius 2 is 1.64 bits per heavy atom. The maximum Gasteiger partial charge on any atom is 0.109 e. The summed E-state index contributed by atoms with van der Waals surface area (Å²) in [5, 5.41) is 39.0. The summed E-state index contributed by atoms with van der Waals surface area (Å²) in [6.45, 7) is 3.93. The maximum atomic E-state index is 14.0. The first-order chi connectivity index (χ1) is 10.2. The number of alkyl halides is 1. The summed E-state index contributed by atoms with van der Waals surface area (Å²) < 4.78 is 14.0. The molecule has 1 saturated carbocycles. The smallest absolute Gasteiger partial charge is 0.109 e. The van der Waals surface area contributed by atoms with Crippen molar-refractivity contribution in [2.45, 2.75) is 69.6 Å². The molecule has 1 aliphatic heterocycles. The Labute approximate surface area is 131 Å². The number of aliphatic hydroxyl groups excluding tert-OH is 4. The lowest BCUT2D eigenvalue weighted by atomic mass is 9.75. The molecule has 0 amide bonds. The zero-order valence-electron chi connectivity index (χ0n) is 13.5. The van der Waals surface area contributed by atoms with E-state index in [0.29, 0.717) is 12.5 Å². The van der Waals surface area contributed by atoms with Crippen LogP contribution in [0.25, 0.3) is 0 Å². The van der Waals surface area contributed by atoms with Crippen LogP contribution in [0.5, 0.6) is 0 Å². The number of halogens is 1. The third-order valence-corrected chi connectivity index (χ3v) is 5.53. The fourth-order valence-corrected chi connectivity index (χ4v) is 3.95. The number of β-amino-alcohol motifs (C(OH)–C–C–N with tert-alkyl or cyclic N) is 1. The average Bonchev–Trinajstić information content (AvgIpc) is 2.45. The van der Waals surface area contributed by atoms with Gasteiger partial charge in [-0.25, -0.2) is 4.39 Å². The molecule has 2 fully saturated rings. The van der Waals surface area contributed by atoms with Crippen LogP contribution < -0.4 is 0 Å². The molecule has 130 valence electrons. The molecule has 1 saturated heterocycles. The minimum Gasteiger partial charge on any atom is -0.395 e. The highest BCUT2D eigenvalue weighted by Gasteiger charge is 2.42. The standard InChI is InChI=1S/C16H30FNO4/c1-16(2,17)11-5-3-10(4-6-11)7-18-8-13(20)15(22)14(21)12(18)9-19/h10-15,19-22H,3-9H2,1-2H3/t10?,11?,12-,13+,14-,15-/m1/s1. The van der Waals surface area contributed by atoms with Crippen LogP contribution in [0.3, 0.4) is 0 Å². The molecule has 1 heterocycles. The van der Waals surface area contributed by atoms with Crippen LogP contribution in [-0.2, 0) is 0 Å². The summed E-state index contributed by atoms with van der Waals surface area (Å²) in [5.41, 5.74) is -1.14. The minimum absolute atomic E-state index is 0.0942. The maximum absolute atomic E-state index is 14.0. The highest BCUT2D eigenvalue weighted by Crippen LogP contribution is 2.38. The summed E-state index contributed by atoms with van der Waals surface area (Å²) >= 11 is 0. The second-order valence-electron chi connectivity index (χ2n) is 7.53. The topological polar surface area (TPSA) is 84.2 Å². The molecule has 0 unspecified atom stereocenters. The number of hydrogen-bond acceptors (Lipinski definition) is 5. The normalized spacial score (nSPS) is 41.6. The van der Waals surface area contributed by atoms with E-state index in [1.54, 1.807) is 13.8 Å². The lowest BCUT2D eigenvalue weighted by Crippen LogP contribution is -2.63. The van der Waals surface area contributed by atoms with Crippen LogP contribution in [-0.4, -0.2) is 75.0 Å². The fourth-order valence-electron chi connectivity index (χ4n) is 3.95. The Kier molecular flexibility index (Phi) is 5.83. The molecule has 0 bridgehead atoms. The molecule has 6 heteroatoms. The molecular formula is C16H30FNO4. The quantitative estimate of drug-likeness (QED) is 0.599. The van der Waals surface area contributed by atoms with E-state index in [9.17, 15) is 24.8 Å². The van der Waals surface area contributed by atoms with Gasteiger partial charge in [0.05, 0.1) is 18.8 Å². The van der Waals surface area contributed by atoms with Gasteiger partial charge in [-0.2, -0.15) is 0 Å². The Hall–Kier alpha value is -0.270. The van der Waals surface area contributed by atoms with Gasteiger partial charge in [0.25, 0.3) is 0 Å². The molecule has 1 aliphatic carbocycles. The lowest BCUT2D eigenvalue weighted by Gasteiger charge is -2.45. The highest BCUT2D eigenvalue weighted by atomic mass is 19.1. The minimum atomic E-state index is -1.21. The van der Waals surface area contributed by atoms with Gasteiger partial charge in [0.1, 0.15) is 17.9 Å². The third-order valence-electron chi connectivity index (χ3n) is 5.53. The van der Waals surface area contributed by atoms with Crippen LogP contribution >= 0.6 is 0 Å². The van der Waals surface area contributed by atoms with Crippen LogP contribution in [0.1, 0.15) is 39.5 Å². The second-order valence-corrected chi connectivity index (χ2v) is 7.53. The van der Waals surface area contributed by atoms with Crippen molar-refractivity contribution >= 4 is 0 Å². The van der Waals surface area contributed by atoms with Crippen LogP contribution in [0.4, 0.5) is 4.39 Å². The van der Waals surface area contributed by atoms with Gasteiger partial charge in [-0.3, -0.25) is 4.90 Å². The largest absolute Gasteiger partial charge is 0.395 e. The first-order valence-electron chi connectivity index (χ1n) is 8.32. The molecule has 5 nitrogen and oxygen atoms in total. The van der Waals surface area contributed by atoms with E-state index in [2.05, 4.69) is 0 Å². The summed E-state index contributed by atoms with van der Waals surface area (Å²) in [6, 6.07) is -0.547. The number of rotatable bonds is 4. The van der Waals surface area contributed by atoms with Crippen molar-refractivity contribution in [2.24, 2.45) is 11.8 Å². The van der Waals surface area contributed by atoms with E-state index in [-0.39, 0.29) is 19.1 Å². The van der Waals surface area contributed by atoms with Gasteiger partial charge in [0, 0.05) is 13.1 Å². The molecule has 0 spiro atoms. The molecule has 0 aromatic rings. The Bertz CT molecular complexity index is 355. The Balaban J connectivity index is 1.90. The third kappa shape index (κ3) is 3.97.